The summed E-state index contributed by atoms with van der Waals surface area (Å²) in [6, 6.07) is -0.394. The Morgan fingerprint density at radius 2 is 1.88 bits per heavy atom. The quantitative estimate of drug-likeness (QED) is 0.347. The van der Waals surface area contributed by atoms with E-state index in [1.165, 1.54) is 0 Å². The highest BCUT2D eigenvalue weighted by Crippen LogP contribution is 2.02. The number of nitrogens with two attached hydrogens (primary N) is 2. The van der Waals surface area contributed by atoms with Crippen LogP contribution in [-0.4, -0.2) is 32.0 Å². The van der Waals surface area contributed by atoms with Gasteiger partial charge in [0, 0.05) is 11.0 Å². The fourth-order valence-electron chi connectivity index (χ4n) is 0.880. The third-order valence-corrected chi connectivity index (χ3v) is 2.25. The average Bonchev–Trinajstić information content (AvgIpc) is 2.16. The molecule has 88 valence electrons. The van der Waals surface area contributed by atoms with Gasteiger partial charge in [-0.15, -0.1) is 0 Å². The summed E-state index contributed by atoms with van der Waals surface area (Å²) in [6.07, 6.45) is 0.898. The van der Waals surface area contributed by atoms with Crippen molar-refractivity contribution in [1.82, 2.24) is 20.3 Å². The Labute approximate surface area is 106 Å². The van der Waals surface area contributed by atoms with Gasteiger partial charge in [0.05, 0.1) is 0 Å². The maximum Gasteiger partial charge on any atom is 0.321 e. The first-order valence-corrected chi connectivity index (χ1v) is 6.02. The summed E-state index contributed by atoms with van der Waals surface area (Å²) in [5.74, 6) is -0.0258. The van der Waals surface area contributed by atoms with Crippen LogP contribution in [0.15, 0.2) is 0 Å². The van der Waals surface area contributed by atoms with E-state index >= 15 is 0 Å². The summed E-state index contributed by atoms with van der Waals surface area (Å²) < 4.78 is 0.976. The molecule has 1 heterocycles. The zero-order chi connectivity index (χ0) is 12.0. The van der Waals surface area contributed by atoms with Crippen LogP contribution in [0, 0.1) is 0 Å². The summed E-state index contributed by atoms with van der Waals surface area (Å²) in [5.41, 5.74) is 10.7. The number of nitrogens with one attached hydrogen (secondary N) is 2. The van der Waals surface area contributed by atoms with E-state index in [1.807, 2.05) is 0 Å². The number of anilines is 3. The number of nitrogen functional groups attached to an aromatic ring is 2. The molecule has 8 nitrogen and oxygen atoms in total. The van der Waals surface area contributed by atoms with E-state index in [2.05, 4.69) is 48.2 Å². The second-order valence-corrected chi connectivity index (χ2v) is 3.88. The molecule has 16 heavy (non-hydrogen) atoms. The largest absolute Gasteiger partial charge is 0.368 e. The first-order valence-electron chi connectivity index (χ1n) is 4.49. The van der Waals surface area contributed by atoms with Crippen LogP contribution in [0.25, 0.3) is 0 Å². The lowest BCUT2D eigenvalue weighted by Crippen LogP contribution is -2.30. The Bertz CT molecular complexity index is 352. The highest BCUT2D eigenvalue weighted by Gasteiger charge is 2.05. The predicted octanol–water partition coefficient (Wildman–Crippen LogP) is -0.0174. The smallest absolute Gasteiger partial charge is 0.321 e. The van der Waals surface area contributed by atoms with Crippen molar-refractivity contribution in [3.63, 3.8) is 0 Å². The minimum absolute atomic E-state index is 0.0323. The second kappa shape index (κ2) is 6.25. The third-order valence-electron chi connectivity index (χ3n) is 1.49. The lowest BCUT2D eigenvalue weighted by molar-refractivity contribution is 0.252. The van der Waals surface area contributed by atoms with Crippen LogP contribution in [-0.2, 0) is 0 Å². The first kappa shape index (κ1) is 12.7. The maximum atomic E-state index is 11.3. The van der Waals surface area contributed by atoms with Crippen molar-refractivity contribution >= 4 is 46.5 Å². The lowest BCUT2D eigenvalue weighted by Gasteiger charge is -2.05. The van der Waals surface area contributed by atoms with Crippen LogP contribution in [0.4, 0.5) is 22.6 Å². The molecule has 0 atom stereocenters. The van der Waals surface area contributed by atoms with Gasteiger partial charge in [-0.05, 0) is 6.42 Å². The van der Waals surface area contributed by atoms with E-state index in [0.717, 1.165) is 10.8 Å². The summed E-state index contributed by atoms with van der Waals surface area (Å²) in [6.45, 7) is 0.588. The monoisotopic (exact) mass is 337 g/mol. The van der Waals surface area contributed by atoms with E-state index in [0.29, 0.717) is 6.54 Å². The number of hydrogen-bond donors (Lipinski definition) is 4. The third kappa shape index (κ3) is 4.42. The number of amides is 2. The Kier molecular flexibility index (Phi) is 4.95. The van der Waals surface area contributed by atoms with E-state index in [-0.39, 0.29) is 17.8 Å². The molecule has 0 unspecified atom stereocenters. The van der Waals surface area contributed by atoms with Crippen LogP contribution in [0.2, 0.25) is 0 Å². The molecule has 0 saturated heterocycles. The molecule has 0 bridgehead atoms. The summed E-state index contributed by atoms with van der Waals surface area (Å²) >= 11 is 2.23. The molecule has 9 heteroatoms. The van der Waals surface area contributed by atoms with Crippen molar-refractivity contribution < 1.29 is 4.79 Å². The predicted molar refractivity (Wildman–Crippen MR) is 69.2 cm³/mol. The van der Waals surface area contributed by atoms with E-state index in [4.69, 9.17) is 11.5 Å². The molecule has 2 amide bonds. The average molecular weight is 337 g/mol. The number of carbonyl (C=O) groups is 1. The van der Waals surface area contributed by atoms with Gasteiger partial charge in [0.2, 0.25) is 17.8 Å². The lowest BCUT2D eigenvalue weighted by atomic mass is 10.5. The fourth-order valence-corrected chi connectivity index (χ4v) is 1.26. The van der Waals surface area contributed by atoms with Gasteiger partial charge in [0.25, 0.3) is 0 Å². The van der Waals surface area contributed by atoms with Crippen molar-refractivity contribution in [2.45, 2.75) is 6.42 Å². The van der Waals surface area contributed by atoms with Crippen molar-refractivity contribution in [2.24, 2.45) is 0 Å². The number of aromatic nitrogens is 3. The fraction of sp³-hybridized carbons (Fsp3) is 0.429. The van der Waals surface area contributed by atoms with E-state index < -0.39 is 6.03 Å². The zero-order valence-corrected chi connectivity index (χ0v) is 10.6. The molecule has 0 aliphatic heterocycles. The number of carbonyl (C=O) groups excluding carboxylic acids is 1. The summed E-state index contributed by atoms with van der Waals surface area (Å²) in [4.78, 5) is 22.3. The van der Waals surface area contributed by atoms with Crippen LogP contribution < -0.4 is 22.1 Å². The van der Waals surface area contributed by atoms with Crippen molar-refractivity contribution in [3.8, 4) is 0 Å². The first-order chi connectivity index (χ1) is 7.61. The van der Waals surface area contributed by atoms with Crippen LogP contribution in [0.5, 0.6) is 0 Å². The van der Waals surface area contributed by atoms with Crippen LogP contribution in [0.1, 0.15) is 6.42 Å². The Balaban J connectivity index is 2.49. The number of urea groups is 1. The maximum absolute atomic E-state index is 11.3. The van der Waals surface area contributed by atoms with Gasteiger partial charge in [0.15, 0.2) is 0 Å². The molecular weight excluding hydrogens is 325 g/mol. The Hall–Kier alpha value is -1.39. The van der Waals surface area contributed by atoms with Crippen molar-refractivity contribution in [2.75, 3.05) is 27.8 Å². The van der Waals surface area contributed by atoms with Crippen molar-refractivity contribution in [1.29, 1.82) is 0 Å². The highest BCUT2D eigenvalue weighted by molar-refractivity contribution is 14.1. The van der Waals surface area contributed by atoms with Gasteiger partial charge in [0.1, 0.15) is 0 Å². The van der Waals surface area contributed by atoms with E-state index in [9.17, 15) is 4.79 Å². The molecule has 6 N–H and O–H groups in total. The normalized spacial score (nSPS) is 9.81. The zero-order valence-electron chi connectivity index (χ0n) is 8.40. The number of hydrogen-bond acceptors (Lipinski definition) is 6. The molecule has 1 rings (SSSR count). The highest BCUT2D eigenvalue weighted by atomic mass is 127. The Morgan fingerprint density at radius 1 is 1.25 bits per heavy atom. The molecule has 0 spiro atoms. The summed E-state index contributed by atoms with van der Waals surface area (Å²) in [5, 5.41) is 5.04. The van der Waals surface area contributed by atoms with Gasteiger partial charge >= 0.3 is 6.03 Å². The number of nitrogens with zero attached hydrogens (tertiary/aromatic N) is 3. The standard InChI is InChI=1S/C7H12IN7O/c8-2-1-3-11-7(16)15-6-13-4(9)12-5(10)14-6/h1-3H2,(H6,9,10,11,12,13,14,15,16). The second-order valence-electron chi connectivity index (χ2n) is 2.80. The van der Waals surface area contributed by atoms with Gasteiger partial charge in [-0.25, -0.2) is 4.79 Å². The number of alkyl halides is 1. The van der Waals surface area contributed by atoms with Gasteiger partial charge < -0.3 is 16.8 Å². The number of rotatable bonds is 4. The van der Waals surface area contributed by atoms with E-state index in [1.54, 1.807) is 0 Å². The van der Waals surface area contributed by atoms with Gasteiger partial charge in [-0.3, -0.25) is 5.32 Å². The minimum atomic E-state index is -0.394. The molecule has 0 radical (unpaired) electrons. The van der Waals surface area contributed by atoms with Gasteiger partial charge in [-0.1, -0.05) is 22.6 Å². The molecule has 1 aromatic rings. The summed E-state index contributed by atoms with van der Waals surface area (Å²) in [7, 11) is 0. The minimum Gasteiger partial charge on any atom is -0.368 e. The topological polar surface area (TPSA) is 132 Å². The Morgan fingerprint density at radius 3 is 2.44 bits per heavy atom. The molecule has 1 aromatic heterocycles. The molecule has 0 aliphatic carbocycles. The molecular formula is C7H12IN7O. The SMILES string of the molecule is Nc1nc(N)nc(NC(=O)NCCCI)n1. The molecule has 0 aliphatic rings. The van der Waals surface area contributed by atoms with Crippen LogP contribution >= 0.6 is 22.6 Å². The molecule has 0 fully saturated rings. The molecule has 0 saturated carbocycles. The number of halogens is 1. The van der Waals surface area contributed by atoms with Gasteiger partial charge in [-0.2, -0.15) is 15.0 Å². The van der Waals surface area contributed by atoms with Crippen LogP contribution in [0.3, 0.4) is 0 Å². The molecule has 0 aromatic carbocycles. The van der Waals surface area contributed by atoms with Crippen molar-refractivity contribution in [3.05, 3.63) is 0 Å².